The maximum Gasteiger partial charge on any atom is 0.410 e. The zero-order chi connectivity index (χ0) is 23.5. The highest BCUT2D eigenvalue weighted by Gasteiger charge is 2.33. The van der Waals surface area contributed by atoms with Crippen molar-refractivity contribution in [2.24, 2.45) is 11.8 Å². The van der Waals surface area contributed by atoms with Crippen molar-refractivity contribution in [1.82, 2.24) is 20.0 Å². The molecule has 2 aromatic heterocycles. The van der Waals surface area contributed by atoms with Crippen LogP contribution in [0.1, 0.15) is 56.7 Å². The van der Waals surface area contributed by atoms with Gasteiger partial charge >= 0.3 is 12.1 Å². The van der Waals surface area contributed by atoms with Gasteiger partial charge in [0.25, 0.3) is 0 Å². The van der Waals surface area contributed by atoms with Gasteiger partial charge in [0.15, 0.2) is 5.76 Å². The van der Waals surface area contributed by atoms with Crippen LogP contribution in [0, 0.1) is 18.8 Å². The lowest BCUT2D eigenvalue weighted by molar-refractivity contribution is -0.143. The number of aliphatic carboxylic acids is 1. The maximum atomic E-state index is 12.4. The number of rotatable bonds is 8. The Morgan fingerprint density at radius 1 is 1.24 bits per heavy atom. The summed E-state index contributed by atoms with van der Waals surface area (Å²) in [7, 11) is 1.75. The number of carbonyl (C=O) groups is 2. The second kappa shape index (κ2) is 9.76. The minimum Gasteiger partial charge on any atom is -0.481 e. The molecule has 0 aliphatic heterocycles. The molecule has 1 amide bonds. The second-order valence-electron chi connectivity index (χ2n) is 9.00. The molecule has 2 fully saturated rings. The Morgan fingerprint density at radius 3 is 2.70 bits per heavy atom. The average Bonchev–Trinajstić information content (AvgIpc) is 3.60. The van der Waals surface area contributed by atoms with Crippen LogP contribution in [0.15, 0.2) is 16.9 Å². The van der Waals surface area contributed by atoms with Gasteiger partial charge in [0.2, 0.25) is 5.88 Å². The number of carbonyl (C=O) groups excluding carboxylic acids is 1. The van der Waals surface area contributed by atoms with Gasteiger partial charge in [-0.3, -0.25) is 4.79 Å². The van der Waals surface area contributed by atoms with Gasteiger partial charge in [0.1, 0.15) is 18.4 Å². The molecule has 2 aromatic rings. The normalized spacial score (nSPS) is 21.3. The number of aryl methyl sites for hydroxylation is 1. The lowest BCUT2D eigenvalue weighted by Gasteiger charge is -2.26. The Morgan fingerprint density at radius 2 is 2.03 bits per heavy atom. The van der Waals surface area contributed by atoms with E-state index in [0.29, 0.717) is 47.4 Å². The number of hydrogen-bond acceptors (Lipinski definition) is 8. The van der Waals surface area contributed by atoms with E-state index in [9.17, 15) is 14.7 Å². The largest absolute Gasteiger partial charge is 0.481 e. The third-order valence-electron chi connectivity index (χ3n) is 6.65. The third-order valence-corrected chi connectivity index (χ3v) is 6.65. The zero-order valence-corrected chi connectivity index (χ0v) is 19.2. The molecular formula is C23H30N4O6. The van der Waals surface area contributed by atoms with Gasteiger partial charge in [-0.1, -0.05) is 5.16 Å². The van der Waals surface area contributed by atoms with E-state index in [1.54, 1.807) is 18.9 Å². The first-order valence-electron chi connectivity index (χ1n) is 11.4. The fourth-order valence-corrected chi connectivity index (χ4v) is 4.20. The molecule has 10 nitrogen and oxygen atoms in total. The first kappa shape index (κ1) is 23.0. The van der Waals surface area contributed by atoms with Crippen LogP contribution in [0.2, 0.25) is 0 Å². The molecule has 33 heavy (non-hydrogen) atoms. The molecule has 2 saturated carbocycles. The summed E-state index contributed by atoms with van der Waals surface area (Å²) in [6, 6.07) is 0.147. The van der Waals surface area contributed by atoms with Crippen molar-refractivity contribution < 1.29 is 28.7 Å². The van der Waals surface area contributed by atoms with Crippen LogP contribution in [0.4, 0.5) is 4.79 Å². The van der Waals surface area contributed by atoms with Gasteiger partial charge in [0, 0.05) is 13.1 Å². The van der Waals surface area contributed by atoms with E-state index in [1.165, 1.54) is 12.4 Å². The molecule has 178 valence electrons. The minimum absolute atomic E-state index is 0.0177. The molecule has 4 rings (SSSR count). The molecule has 2 aliphatic rings. The van der Waals surface area contributed by atoms with E-state index < -0.39 is 5.97 Å². The van der Waals surface area contributed by atoms with E-state index in [1.807, 2.05) is 6.92 Å². The first-order valence-corrected chi connectivity index (χ1v) is 11.4. The van der Waals surface area contributed by atoms with Gasteiger partial charge in [-0.15, -0.1) is 0 Å². The molecule has 1 unspecified atom stereocenters. The molecule has 1 N–H and O–H groups in total. The fourth-order valence-electron chi connectivity index (χ4n) is 4.20. The molecule has 0 saturated heterocycles. The van der Waals surface area contributed by atoms with Crippen molar-refractivity contribution in [3.8, 4) is 17.3 Å². The molecule has 0 spiro atoms. The van der Waals surface area contributed by atoms with Crippen LogP contribution < -0.4 is 4.74 Å². The van der Waals surface area contributed by atoms with Crippen molar-refractivity contribution in [1.29, 1.82) is 0 Å². The van der Waals surface area contributed by atoms with Crippen molar-refractivity contribution >= 4 is 12.1 Å². The van der Waals surface area contributed by atoms with E-state index >= 15 is 0 Å². The number of aromatic nitrogens is 3. The van der Waals surface area contributed by atoms with Crippen LogP contribution in [0.5, 0.6) is 5.88 Å². The fraction of sp³-hybridized carbons (Fsp3) is 0.609. The van der Waals surface area contributed by atoms with Crippen LogP contribution in [-0.4, -0.2) is 56.4 Å². The Labute approximate surface area is 192 Å². The minimum atomic E-state index is -0.785. The Kier molecular flexibility index (Phi) is 6.80. The molecule has 3 atom stereocenters. The van der Waals surface area contributed by atoms with Crippen molar-refractivity contribution in [3.05, 3.63) is 23.7 Å². The molecular weight excluding hydrogens is 428 g/mol. The van der Waals surface area contributed by atoms with Crippen LogP contribution in [0.25, 0.3) is 11.5 Å². The van der Waals surface area contributed by atoms with E-state index in [0.717, 1.165) is 25.7 Å². The SMILES string of the molecule is Cc1noc(-c2cnc(O[C@H]3CCC[C@H](C(=O)O)C3)cn2)c1COC(=O)N(C)C(C)C1CC1. The molecule has 10 heteroatoms. The first-order chi connectivity index (χ1) is 15.8. The van der Waals surface area contributed by atoms with E-state index in [4.69, 9.17) is 14.0 Å². The predicted octanol–water partition coefficient (Wildman–Crippen LogP) is 3.83. The number of nitrogens with zero attached hydrogens (tertiary/aromatic N) is 4. The smallest absolute Gasteiger partial charge is 0.410 e. The zero-order valence-electron chi connectivity index (χ0n) is 19.2. The summed E-state index contributed by atoms with van der Waals surface area (Å²) in [4.78, 5) is 34.0. The third kappa shape index (κ3) is 5.43. The molecule has 2 aliphatic carbocycles. The van der Waals surface area contributed by atoms with Crippen LogP contribution in [0.3, 0.4) is 0 Å². The van der Waals surface area contributed by atoms with Crippen LogP contribution >= 0.6 is 0 Å². The number of carboxylic acid groups (broad SMARTS) is 1. The monoisotopic (exact) mass is 458 g/mol. The van der Waals surface area contributed by atoms with Crippen LogP contribution in [-0.2, 0) is 16.1 Å². The van der Waals surface area contributed by atoms with E-state index in [2.05, 4.69) is 15.1 Å². The van der Waals surface area contributed by atoms with Gasteiger partial charge < -0.3 is 24.0 Å². The summed E-state index contributed by atoms with van der Waals surface area (Å²) < 4.78 is 16.8. The number of hydrogen-bond donors (Lipinski definition) is 1. The summed E-state index contributed by atoms with van der Waals surface area (Å²) in [5, 5.41) is 13.2. The van der Waals surface area contributed by atoms with Gasteiger partial charge in [-0.25, -0.2) is 14.8 Å². The van der Waals surface area contributed by atoms with Gasteiger partial charge in [0.05, 0.1) is 29.6 Å². The Bertz CT molecular complexity index is 987. The number of carboxylic acids is 1. The lowest BCUT2D eigenvalue weighted by Crippen LogP contribution is -2.36. The molecule has 0 bridgehead atoms. The highest BCUT2D eigenvalue weighted by molar-refractivity contribution is 5.70. The summed E-state index contributed by atoms with van der Waals surface area (Å²) in [5.41, 5.74) is 1.69. The molecule has 2 heterocycles. The topological polar surface area (TPSA) is 128 Å². The molecule has 0 radical (unpaired) electrons. The Hall–Kier alpha value is -3.17. The number of ether oxygens (including phenoxy) is 2. The van der Waals surface area contributed by atoms with Gasteiger partial charge in [-0.05, 0) is 58.3 Å². The highest BCUT2D eigenvalue weighted by atomic mass is 16.6. The quantitative estimate of drug-likeness (QED) is 0.627. The summed E-state index contributed by atoms with van der Waals surface area (Å²) in [6.07, 6.45) is 7.44. The van der Waals surface area contributed by atoms with Crippen molar-refractivity contribution in [3.63, 3.8) is 0 Å². The van der Waals surface area contributed by atoms with E-state index in [-0.39, 0.29) is 30.8 Å². The second-order valence-corrected chi connectivity index (χ2v) is 9.00. The lowest BCUT2D eigenvalue weighted by atomic mass is 9.87. The highest BCUT2D eigenvalue weighted by Crippen LogP contribution is 2.35. The number of amides is 1. The average molecular weight is 459 g/mol. The standard InChI is InChI=1S/C23H30N4O6/c1-13-18(12-31-23(30)27(3)14(2)15-7-8-15)21(33-26-13)19-10-25-20(11-24-19)32-17-6-4-5-16(9-17)22(28)29/h10-11,14-17H,4-9,12H2,1-3H3,(H,28,29)/t14?,16-,17-/m0/s1. The Balaban J connectivity index is 1.38. The predicted molar refractivity (Wildman–Crippen MR) is 116 cm³/mol. The maximum absolute atomic E-state index is 12.4. The summed E-state index contributed by atoms with van der Waals surface area (Å²) in [5.74, 6) is 0.0992. The summed E-state index contributed by atoms with van der Waals surface area (Å²) >= 11 is 0. The van der Waals surface area contributed by atoms with Crippen molar-refractivity contribution in [2.45, 2.75) is 71.1 Å². The molecule has 0 aromatic carbocycles. The van der Waals surface area contributed by atoms with Gasteiger partial charge in [-0.2, -0.15) is 0 Å². The van der Waals surface area contributed by atoms with Crippen molar-refractivity contribution in [2.75, 3.05) is 7.05 Å². The summed E-state index contributed by atoms with van der Waals surface area (Å²) in [6.45, 7) is 3.83.